The average molecular weight is 567 g/mol. The third-order valence-electron chi connectivity index (χ3n) is 6.00. The van der Waals surface area contributed by atoms with E-state index in [0.29, 0.717) is 33.8 Å². The molecule has 3 aromatic carbocycles. The molecule has 4 rings (SSSR count). The number of carboxylic acid groups (broad SMARTS) is 1. The van der Waals surface area contributed by atoms with Crippen molar-refractivity contribution in [3.8, 4) is 23.0 Å². The Morgan fingerprint density at radius 1 is 0.875 bits per heavy atom. The van der Waals surface area contributed by atoms with E-state index >= 15 is 0 Å². The van der Waals surface area contributed by atoms with Gasteiger partial charge in [0.2, 0.25) is 5.75 Å². The van der Waals surface area contributed by atoms with E-state index in [1.807, 2.05) is 13.8 Å². The topological polar surface area (TPSA) is 117 Å². The van der Waals surface area contributed by atoms with Crippen molar-refractivity contribution in [3.05, 3.63) is 76.6 Å². The smallest absolute Gasteiger partial charge is 0.336 e. The molecule has 1 heterocycles. The van der Waals surface area contributed by atoms with Gasteiger partial charge in [-0.15, -0.1) is 0 Å². The van der Waals surface area contributed by atoms with Gasteiger partial charge in [-0.05, 0) is 67.4 Å². The molecule has 1 aromatic heterocycles. The number of aliphatic carboxylic acids is 1. The molecule has 11 heteroatoms. The van der Waals surface area contributed by atoms with Crippen molar-refractivity contribution in [1.29, 1.82) is 0 Å². The second-order valence-electron chi connectivity index (χ2n) is 8.98. The first-order valence-corrected chi connectivity index (χ1v) is 12.9. The summed E-state index contributed by atoms with van der Waals surface area (Å²) in [6.07, 6.45) is -0.319. The molecule has 0 saturated heterocycles. The summed E-state index contributed by atoms with van der Waals surface area (Å²) in [7, 11) is 4.24. The second kappa shape index (κ2) is 12.1. The zero-order valence-corrected chi connectivity index (χ0v) is 23.3. The molecule has 0 aliphatic carbocycles. The van der Waals surface area contributed by atoms with Gasteiger partial charge in [0.15, 0.2) is 28.8 Å². The summed E-state index contributed by atoms with van der Waals surface area (Å²) in [5, 5.41) is 10.4. The summed E-state index contributed by atoms with van der Waals surface area (Å²) >= 11 is 0.991. The maximum absolute atomic E-state index is 14.6. The number of rotatable bonds is 11. The Hall–Kier alpha value is -4.51. The van der Waals surface area contributed by atoms with Gasteiger partial charge in [0.25, 0.3) is 0 Å². The number of halogens is 1. The number of methoxy groups -OCH3 is 3. The van der Waals surface area contributed by atoms with Crippen LogP contribution in [0.25, 0.3) is 16.6 Å². The summed E-state index contributed by atoms with van der Waals surface area (Å²) < 4.78 is 44.9. The highest BCUT2D eigenvalue weighted by atomic mass is 32.1. The maximum atomic E-state index is 14.6. The van der Waals surface area contributed by atoms with Crippen LogP contribution in [0.3, 0.4) is 0 Å². The predicted octanol–water partition coefficient (Wildman–Crippen LogP) is 5.61. The minimum Gasteiger partial charge on any atom is -0.494 e. The molecule has 0 amide bonds. The highest BCUT2D eigenvalue weighted by Crippen LogP contribution is 2.40. The third-order valence-corrected chi connectivity index (χ3v) is 6.56. The highest BCUT2D eigenvalue weighted by molar-refractivity contribution is 7.00. The van der Waals surface area contributed by atoms with Crippen LogP contribution >= 0.6 is 11.7 Å². The fourth-order valence-corrected chi connectivity index (χ4v) is 4.74. The number of carbonyl (C=O) groups is 2. The average Bonchev–Trinajstić information content (AvgIpc) is 3.40. The lowest BCUT2D eigenvalue weighted by atomic mass is 9.89. The molecule has 1 N–H and O–H groups in total. The van der Waals surface area contributed by atoms with E-state index in [-0.39, 0.29) is 40.5 Å². The molecule has 0 bridgehead atoms. The number of aromatic nitrogens is 2. The van der Waals surface area contributed by atoms with Crippen LogP contribution in [0, 0.1) is 5.82 Å². The molecule has 0 aliphatic rings. The van der Waals surface area contributed by atoms with Crippen molar-refractivity contribution in [2.45, 2.75) is 26.4 Å². The van der Waals surface area contributed by atoms with Crippen LogP contribution in [0.4, 0.5) is 4.39 Å². The van der Waals surface area contributed by atoms with Gasteiger partial charge in [-0.2, -0.15) is 8.75 Å². The van der Waals surface area contributed by atoms with Crippen molar-refractivity contribution in [2.24, 2.45) is 0 Å². The Kier molecular flexibility index (Phi) is 8.64. The first-order valence-electron chi connectivity index (χ1n) is 12.2. The van der Waals surface area contributed by atoms with Crippen molar-refractivity contribution in [3.63, 3.8) is 0 Å². The number of carboxylic acids is 1. The third kappa shape index (κ3) is 5.89. The van der Waals surface area contributed by atoms with Crippen molar-refractivity contribution >= 4 is 40.1 Å². The Balaban J connectivity index is 1.93. The summed E-state index contributed by atoms with van der Waals surface area (Å²) in [5.74, 6) is -1.74. The summed E-state index contributed by atoms with van der Waals surface area (Å²) in [4.78, 5) is 26.6. The van der Waals surface area contributed by atoms with E-state index in [2.05, 4.69) is 8.75 Å². The van der Waals surface area contributed by atoms with E-state index in [1.54, 1.807) is 30.3 Å². The molecule has 9 nitrogen and oxygen atoms in total. The molecule has 4 aromatic rings. The van der Waals surface area contributed by atoms with Gasteiger partial charge in [-0.25, -0.2) is 9.18 Å². The van der Waals surface area contributed by atoms with E-state index in [9.17, 15) is 19.1 Å². The molecule has 0 atom stereocenters. The molecular weight excluding hydrogens is 539 g/mol. The van der Waals surface area contributed by atoms with Crippen LogP contribution in [0.2, 0.25) is 0 Å². The van der Waals surface area contributed by atoms with Crippen LogP contribution in [0.5, 0.6) is 23.0 Å². The normalized spacial score (nSPS) is 11.8. The number of ketones is 1. The second-order valence-corrected chi connectivity index (χ2v) is 9.51. The molecule has 0 fully saturated rings. The molecular formula is C29H27FN2O7S. The molecule has 0 aliphatic heterocycles. The monoisotopic (exact) mass is 566 g/mol. The minimum atomic E-state index is -1.33. The fourth-order valence-electron chi connectivity index (χ4n) is 4.22. The maximum Gasteiger partial charge on any atom is 0.336 e. The van der Waals surface area contributed by atoms with Gasteiger partial charge in [-0.1, -0.05) is 6.07 Å². The van der Waals surface area contributed by atoms with E-state index in [0.717, 1.165) is 17.8 Å². The van der Waals surface area contributed by atoms with Gasteiger partial charge < -0.3 is 24.1 Å². The van der Waals surface area contributed by atoms with E-state index in [4.69, 9.17) is 18.9 Å². The summed E-state index contributed by atoms with van der Waals surface area (Å²) in [5.41, 5.74) is 1.47. The number of Topliss-reactive ketones (excluding diaryl/α,β-unsaturated/α-hetero) is 1. The lowest BCUT2D eigenvalue weighted by Crippen LogP contribution is -2.15. The summed E-state index contributed by atoms with van der Waals surface area (Å²) in [6, 6.07) is 11.8. The zero-order valence-electron chi connectivity index (χ0n) is 22.5. The number of allylic oxidation sites excluding steroid dienone is 1. The van der Waals surface area contributed by atoms with Crippen LogP contribution in [-0.4, -0.2) is 53.0 Å². The first kappa shape index (κ1) is 28.5. The van der Waals surface area contributed by atoms with Crippen LogP contribution in [-0.2, 0) is 11.2 Å². The Bertz CT molecular complexity index is 1590. The largest absolute Gasteiger partial charge is 0.494 e. The van der Waals surface area contributed by atoms with Crippen molar-refractivity contribution < 1.29 is 38.0 Å². The number of fused-ring (bicyclic) bond motifs is 1. The predicted molar refractivity (Wildman–Crippen MR) is 148 cm³/mol. The number of benzene rings is 3. The number of nitrogens with zero attached hydrogens (tertiary/aromatic N) is 2. The molecule has 0 saturated carbocycles. The van der Waals surface area contributed by atoms with Gasteiger partial charge in [-0.3, -0.25) is 4.79 Å². The van der Waals surface area contributed by atoms with E-state index < -0.39 is 17.6 Å². The quantitative estimate of drug-likeness (QED) is 0.183. The molecule has 208 valence electrons. The van der Waals surface area contributed by atoms with Gasteiger partial charge >= 0.3 is 5.97 Å². The minimum absolute atomic E-state index is 0.0397. The van der Waals surface area contributed by atoms with Crippen LogP contribution in [0.1, 0.15) is 35.3 Å². The van der Waals surface area contributed by atoms with Crippen LogP contribution < -0.4 is 18.9 Å². The highest BCUT2D eigenvalue weighted by Gasteiger charge is 2.26. The number of carbonyl (C=O) groups excluding carboxylic acids is 1. The Morgan fingerprint density at radius 3 is 2.08 bits per heavy atom. The lowest BCUT2D eigenvalue weighted by Gasteiger charge is -2.19. The number of hydrogen-bond donors (Lipinski definition) is 1. The SMILES string of the molecule is COc1ccc(C(=O)C(Cc2cc(OC)c(OC(C)C)c(OC)c2)=C(C(=O)O)c2ccc3nsnc3c2)cc1F. The zero-order chi connectivity index (χ0) is 29.0. The lowest BCUT2D eigenvalue weighted by molar-refractivity contribution is -0.130. The first-order chi connectivity index (χ1) is 19.2. The summed E-state index contributed by atoms with van der Waals surface area (Å²) in [6.45, 7) is 3.71. The van der Waals surface area contributed by atoms with Gasteiger partial charge in [0.05, 0.1) is 44.7 Å². The molecule has 40 heavy (non-hydrogen) atoms. The fraction of sp³-hybridized carbons (Fsp3) is 0.241. The molecule has 0 unspecified atom stereocenters. The number of ether oxygens (including phenoxy) is 4. The van der Waals surface area contributed by atoms with Gasteiger partial charge in [0.1, 0.15) is 11.0 Å². The number of hydrogen-bond acceptors (Lipinski definition) is 9. The molecule has 0 radical (unpaired) electrons. The van der Waals surface area contributed by atoms with Crippen molar-refractivity contribution in [1.82, 2.24) is 8.75 Å². The Morgan fingerprint density at radius 2 is 1.50 bits per heavy atom. The standard InChI is InChI=1S/C29H27FN2O7S/c1-15(2)39-28-24(37-4)11-16(12-25(28)38-5)10-19(27(33)18-7-9-23(36-3)20(30)13-18)26(29(34)35)17-6-8-21-22(14-17)32-40-31-21/h6-9,11-15H,10H2,1-5H3,(H,34,35). The van der Waals surface area contributed by atoms with Crippen molar-refractivity contribution in [2.75, 3.05) is 21.3 Å². The van der Waals surface area contributed by atoms with E-state index in [1.165, 1.54) is 33.5 Å². The molecule has 0 spiro atoms. The van der Waals surface area contributed by atoms with Gasteiger partial charge in [0, 0.05) is 17.6 Å². The van der Waals surface area contributed by atoms with Crippen LogP contribution in [0.15, 0.2) is 54.1 Å². The Labute approximate surface area is 234 Å².